The van der Waals surface area contributed by atoms with Crippen molar-refractivity contribution in [3.8, 4) is 5.75 Å². The Hall–Kier alpha value is -3.14. The standard InChI is InChI=1S/C20H20N2O2/c1-3-6-17(7-4-5-14-23)19-15-21-20(22-19)13-10-16-8-11-18(24-2)12-9-16/h3-4,6-15H,1,5H2,2H3,(H,21,22)/b7-4-,13-10+,17-6+. The molecule has 0 aliphatic rings. The number of H-pyrrole nitrogens is 1. The Morgan fingerprint density at radius 1 is 1.29 bits per heavy atom. The zero-order chi connectivity index (χ0) is 17.2. The lowest BCUT2D eigenvalue weighted by Gasteiger charge is -1.98. The van der Waals surface area contributed by atoms with Crippen LogP contribution in [0.25, 0.3) is 17.7 Å². The molecule has 0 atom stereocenters. The van der Waals surface area contributed by atoms with E-state index in [0.717, 1.165) is 34.7 Å². The van der Waals surface area contributed by atoms with Crippen molar-refractivity contribution in [3.63, 3.8) is 0 Å². The van der Waals surface area contributed by atoms with Crippen molar-refractivity contribution in [2.75, 3.05) is 7.11 Å². The molecule has 4 nitrogen and oxygen atoms in total. The van der Waals surface area contributed by atoms with Gasteiger partial charge in [0.05, 0.1) is 19.0 Å². The van der Waals surface area contributed by atoms with Gasteiger partial charge in [0.2, 0.25) is 0 Å². The number of aromatic nitrogens is 2. The molecule has 0 amide bonds. The summed E-state index contributed by atoms with van der Waals surface area (Å²) in [6, 6.07) is 7.78. The molecule has 1 N–H and O–H groups in total. The van der Waals surface area contributed by atoms with Gasteiger partial charge in [-0.3, -0.25) is 0 Å². The van der Waals surface area contributed by atoms with Crippen molar-refractivity contribution < 1.29 is 9.53 Å². The lowest BCUT2D eigenvalue weighted by molar-refractivity contribution is -0.107. The molecule has 1 aromatic carbocycles. The van der Waals surface area contributed by atoms with E-state index in [1.54, 1.807) is 25.5 Å². The molecule has 0 unspecified atom stereocenters. The first-order chi connectivity index (χ1) is 11.8. The van der Waals surface area contributed by atoms with Crippen LogP contribution in [-0.4, -0.2) is 23.4 Å². The van der Waals surface area contributed by atoms with E-state index in [9.17, 15) is 4.79 Å². The van der Waals surface area contributed by atoms with E-state index >= 15 is 0 Å². The molecule has 4 heteroatoms. The summed E-state index contributed by atoms with van der Waals surface area (Å²) >= 11 is 0. The van der Waals surface area contributed by atoms with Gasteiger partial charge in [0.25, 0.3) is 0 Å². The zero-order valence-corrected chi connectivity index (χ0v) is 13.6. The number of rotatable bonds is 8. The van der Waals surface area contributed by atoms with E-state index in [1.165, 1.54) is 0 Å². The first kappa shape index (κ1) is 17.2. The highest BCUT2D eigenvalue weighted by atomic mass is 16.5. The molecular weight excluding hydrogens is 300 g/mol. The molecule has 0 fully saturated rings. The predicted octanol–water partition coefficient (Wildman–Crippen LogP) is 4.30. The number of carbonyl (C=O) groups excluding carboxylic acids is 1. The predicted molar refractivity (Wildman–Crippen MR) is 98.5 cm³/mol. The molecule has 0 bridgehead atoms. The Balaban J connectivity index is 2.13. The van der Waals surface area contributed by atoms with Gasteiger partial charge in [-0.2, -0.15) is 0 Å². The minimum Gasteiger partial charge on any atom is -0.497 e. The lowest BCUT2D eigenvalue weighted by atomic mass is 10.1. The first-order valence-corrected chi connectivity index (χ1v) is 7.57. The van der Waals surface area contributed by atoms with Crippen molar-refractivity contribution >= 4 is 24.0 Å². The highest BCUT2D eigenvalue weighted by Crippen LogP contribution is 2.16. The quantitative estimate of drug-likeness (QED) is 0.582. The Kier molecular flexibility index (Phi) is 6.53. The molecule has 24 heavy (non-hydrogen) atoms. The molecule has 0 saturated heterocycles. The summed E-state index contributed by atoms with van der Waals surface area (Å²) in [5.74, 6) is 1.58. The van der Waals surface area contributed by atoms with Gasteiger partial charge in [-0.15, -0.1) is 0 Å². The van der Waals surface area contributed by atoms with Crippen molar-refractivity contribution in [1.29, 1.82) is 0 Å². The van der Waals surface area contributed by atoms with E-state index in [4.69, 9.17) is 4.74 Å². The molecule has 2 aromatic rings. The van der Waals surface area contributed by atoms with Crippen LogP contribution in [-0.2, 0) is 4.79 Å². The average molecular weight is 320 g/mol. The first-order valence-electron chi connectivity index (χ1n) is 7.57. The average Bonchev–Trinajstić information content (AvgIpc) is 3.09. The number of carbonyl (C=O) groups is 1. The number of ether oxygens (including phenoxy) is 1. The Morgan fingerprint density at radius 3 is 2.75 bits per heavy atom. The van der Waals surface area contributed by atoms with Crippen LogP contribution >= 0.6 is 0 Å². The van der Waals surface area contributed by atoms with Crippen molar-refractivity contribution in [1.82, 2.24) is 9.97 Å². The zero-order valence-electron chi connectivity index (χ0n) is 13.6. The normalized spacial score (nSPS) is 12.0. The number of allylic oxidation sites excluding steroid dienone is 5. The topological polar surface area (TPSA) is 55.0 Å². The van der Waals surface area contributed by atoms with E-state index in [1.807, 2.05) is 48.6 Å². The smallest absolute Gasteiger partial charge is 0.130 e. The molecule has 0 aliphatic carbocycles. The van der Waals surface area contributed by atoms with Crippen molar-refractivity contribution in [3.05, 3.63) is 78.4 Å². The van der Waals surface area contributed by atoms with Crippen molar-refractivity contribution in [2.45, 2.75) is 6.42 Å². The third kappa shape index (κ3) is 4.95. The van der Waals surface area contributed by atoms with Crippen LogP contribution in [0.3, 0.4) is 0 Å². The number of nitrogens with zero attached hydrogens (tertiary/aromatic N) is 1. The second-order valence-electron chi connectivity index (χ2n) is 4.95. The van der Waals surface area contributed by atoms with E-state index in [0.29, 0.717) is 6.42 Å². The summed E-state index contributed by atoms with van der Waals surface area (Å²) < 4.78 is 5.14. The van der Waals surface area contributed by atoms with Crippen LogP contribution in [0.4, 0.5) is 0 Å². The number of nitrogens with one attached hydrogen (secondary N) is 1. The number of benzene rings is 1. The van der Waals surface area contributed by atoms with Crippen LogP contribution in [0.15, 0.2) is 61.3 Å². The minimum atomic E-state index is 0.382. The van der Waals surface area contributed by atoms with Gasteiger partial charge in [-0.1, -0.05) is 49.1 Å². The van der Waals surface area contributed by atoms with Gasteiger partial charge in [0.1, 0.15) is 17.9 Å². The van der Waals surface area contributed by atoms with Gasteiger partial charge >= 0.3 is 0 Å². The summed E-state index contributed by atoms with van der Waals surface area (Å²) in [5.41, 5.74) is 2.84. The number of methoxy groups -OCH3 is 1. The highest BCUT2D eigenvalue weighted by molar-refractivity contribution is 5.75. The van der Waals surface area contributed by atoms with Gasteiger partial charge in [-0.25, -0.2) is 4.98 Å². The molecule has 0 radical (unpaired) electrons. The van der Waals surface area contributed by atoms with Gasteiger partial charge < -0.3 is 14.5 Å². The molecule has 0 saturated carbocycles. The summed E-state index contributed by atoms with van der Waals surface area (Å²) in [5, 5.41) is 0. The SMILES string of the molecule is C=C/C=C(\C=C/CC=O)c1cnc(/C=C/c2ccc(OC)cc2)[nH]1. The maximum Gasteiger partial charge on any atom is 0.130 e. The number of hydrogen-bond acceptors (Lipinski definition) is 3. The molecule has 1 aromatic heterocycles. The Bertz CT molecular complexity index is 765. The molecule has 1 heterocycles. The van der Waals surface area contributed by atoms with Gasteiger partial charge in [-0.05, 0) is 29.3 Å². The van der Waals surface area contributed by atoms with Crippen LogP contribution in [0.1, 0.15) is 23.5 Å². The van der Waals surface area contributed by atoms with Crippen LogP contribution in [0.2, 0.25) is 0 Å². The van der Waals surface area contributed by atoms with Gasteiger partial charge in [0.15, 0.2) is 0 Å². The Labute approximate surface area is 141 Å². The summed E-state index contributed by atoms with van der Waals surface area (Å²) in [6.07, 6.45) is 14.1. The van der Waals surface area contributed by atoms with Gasteiger partial charge in [0, 0.05) is 6.42 Å². The van der Waals surface area contributed by atoms with E-state index < -0.39 is 0 Å². The minimum absolute atomic E-state index is 0.382. The number of aromatic amines is 1. The summed E-state index contributed by atoms with van der Waals surface area (Å²) in [4.78, 5) is 18.0. The fraction of sp³-hybridized carbons (Fsp3) is 0.100. The summed E-state index contributed by atoms with van der Waals surface area (Å²) in [6.45, 7) is 3.71. The maximum atomic E-state index is 10.4. The third-order valence-corrected chi connectivity index (χ3v) is 3.28. The van der Waals surface area contributed by atoms with Crippen LogP contribution < -0.4 is 4.74 Å². The molecular formula is C20H20N2O2. The van der Waals surface area contributed by atoms with Crippen LogP contribution in [0, 0.1) is 0 Å². The van der Waals surface area contributed by atoms with E-state index in [2.05, 4.69) is 16.5 Å². The molecule has 0 spiro atoms. The Morgan fingerprint density at radius 2 is 2.08 bits per heavy atom. The number of imidazole rings is 1. The maximum absolute atomic E-state index is 10.4. The highest BCUT2D eigenvalue weighted by Gasteiger charge is 2.01. The fourth-order valence-electron chi connectivity index (χ4n) is 2.07. The second-order valence-corrected chi connectivity index (χ2v) is 4.95. The monoisotopic (exact) mass is 320 g/mol. The molecule has 122 valence electrons. The van der Waals surface area contributed by atoms with E-state index in [-0.39, 0.29) is 0 Å². The number of aldehydes is 1. The van der Waals surface area contributed by atoms with Crippen LogP contribution in [0.5, 0.6) is 5.75 Å². The molecule has 0 aliphatic heterocycles. The fourth-order valence-corrected chi connectivity index (χ4v) is 2.07. The largest absolute Gasteiger partial charge is 0.497 e. The van der Waals surface area contributed by atoms with Crippen molar-refractivity contribution in [2.24, 2.45) is 0 Å². The summed E-state index contributed by atoms with van der Waals surface area (Å²) in [7, 11) is 1.65. The third-order valence-electron chi connectivity index (χ3n) is 3.28. The second kappa shape index (κ2) is 9.10. The molecule has 2 rings (SSSR count). The number of hydrogen-bond donors (Lipinski definition) is 1. The lowest BCUT2D eigenvalue weighted by Crippen LogP contribution is -1.83.